The lowest BCUT2D eigenvalue weighted by molar-refractivity contribution is 0.0648. The standard InChI is InChI=1S/C15H21N3O3S/c1-2-15(11-19)5-8-18(9-6-15)22(20,21)13-10-17-14-12(13)4-3-7-16-14/h3-4,7,10,19H,2,5-6,8-9,11H2,1H3,(H,16,17). The number of piperidine rings is 1. The average Bonchev–Trinajstić information content (AvgIpc) is 2.99. The summed E-state index contributed by atoms with van der Waals surface area (Å²) in [6.07, 6.45) is 5.40. The van der Waals surface area contributed by atoms with E-state index < -0.39 is 10.0 Å². The lowest BCUT2D eigenvalue weighted by atomic mass is 9.77. The van der Waals surface area contributed by atoms with Gasteiger partial charge in [0.1, 0.15) is 10.5 Å². The highest BCUT2D eigenvalue weighted by molar-refractivity contribution is 7.89. The minimum Gasteiger partial charge on any atom is -0.396 e. The van der Waals surface area contributed by atoms with Gasteiger partial charge in [0.05, 0.1) is 0 Å². The van der Waals surface area contributed by atoms with Crippen LogP contribution in [0.1, 0.15) is 26.2 Å². The van der Waals surface area contributed by atoms with Crippen LogP contribution in [0.25, 0.3) is 11.0 Å². The highest BCUT2D eigenvalue weighted by Gasteiger charge is 2.37. The van der Waals surface area contributed by atoms with Crippen LogP contribution in [0.2, 0.25) is 0 Å². The number of hydrogen-bond acceptors (Lipinski definition) is 4. The van der Waals surface area contributed by atoms with Gasteiger partial charge in [-0.1, -0.05) is 6.92 Å². The van der Waals surface area contributed by atoms with E-state index in [1.165, 1.54) is 10.5 Å². The number of H-pyrrole nitrogens is 1. The number of rotatable bonds is 4. The number of hydrogen-bond donors (Lipinski definition) is 2. The van der Waals surface area contributed by atoms with E-state index in [1.54, 1.807) is 18.3 Å². The Bertz CT molecular complexity index is 755. The molecule has 2 N–H and O–H groups in total. The topological polar surface area (TPSA) is 86.3 Å². The average molecular weight is 323 g/mol. The molecule has 120 valence electrons. The molecular formula is C15H21N3O3S. The van der Waals surface area contributed by atoms with Crippen molar-refractivity contribution in [3.05, 3.63) is 24.5 Å². The van der Waals surface area contributed by atoms with Crippen molar-refractivity contribution in [2.75, 3.05) is 19.7 Å². The van der Waals surface area contributed by atoms with Crippen molar-refractivity contribution < 1.29 is 13.5 Å². The van der Waals surface area contributed by atoms with Crippen LogP contribution in [0.5, 0.6) is 0 Å². The van der Waals surface area contributed by atoms with Gasteiger partial charge in [0.15, 0.2) is 0 Å². The molecule has 3 heterocycles. The van der Waals surface area contributed by atoms with Crippen LogP contribution in [0.4, 0.5) is 0 Å². The third-order valence-corrected chi connectivity index (χ3v) is 6.84. The van der Waals surface area contributed by atoms with E-state index in [-0.39, 0.29) is 16.9 Å². The molecule has 0 unspecified atom stereocenters. The van der Waals surface area contributed by atoms with Crippen LogP contribution < -0.4 is 0 Å². The van der Waals surface area contributed by atoms with E-state index in [1.807, 2.05) is 6.92 Å². The van der Waals surface area contributed by atoms with Crippen molar-refractivity contribution in [2.24, 2.45) is 5.41 Å². The highest BCUT2D eigenvalue weighted by atomic mass is 32.2. The second-order valence-electron chi connectivity index (χ2n) is 5.97. The van der Waals surface area contributed by atoms with Crippen LogP contribution >= 0.6 is 0 Å². The van der Waals surface area contributed by atoms with Crippen molar-refractivity contribution in [3.63, 3.8) is 0 Å². The van der Waals surface area contributed by atoms with Crippen molar-refractivity contribution in [2.45, 2.75) is 31.1 Å². The minimum absolute atomic E-state index is 0.119. The lowest BCUT2D eigenvalue weighted by Crippen LogP contribution is -2.44. The van der Waals surface area contributed by atoms with Gasteiger partial charge >= 0.3 is 0 Å². The summed E-state index contributed by atoms with van der Waals surface area (Å²) >= 11 is 0. The predicted octanol–water partition coefficient (Wildman–Crippen LogP) is 1.74. The maximum atomic E-state index is 12.9. The van der Waals surface area contributed by atoms with E-state index >= 15 is 0 Å². The molecule has 2 aromatic rings. The number of aromatic nitrogens is 2. The molecule has 0 radical (unpaired) electrons. The summed E-state index contributed by atoms with van der Waals surface area (Å²) < 4.78 is 27.3. The Kier molecular flexibility index (Phi) is 3.96. The summed E-state index contributed by atoms with van der Waals surface area (Å²) in [5, 5.41) is 10.2. The van der Waals surface area contributed by atoms with Gasteiger partial charge in [-0.05, 0) is 36.8 Å². The monoisotopic (exact) mass is 323 g/mol. The Balaban J connectivity index is 1.89. The van der Waals surface area contributed by atoms with Crippen LogP contribution in [0.15, 0.2) is 29.4 Å². The summed E-state index contributed by atoms with van der Waals surface area (Å²) in [5.41, 5.74) is 0.449. The fourth-order valence-corrected chi connectivity index (χ4v) is 4.70. The summed E-state index contributed by atoms with van der Waals surface area (Å²) in [7, 11) is -3.53. The molecule has 0 aromatic carbocycles. The number of aromatic amines is 1. The largest absolute Gasteiger partial charge is 0.396 e. The zero-order valence-electron chi connectivity index (χ0n) is 12.6. The number of sulfonamides is 1. The molecule has 3 rings (SSSR count). The van der Waals surface area contributed by atoms with Crippen molar-refractivity contribution in [3.8, 4) is 0 Å². The first-order valence-electron chi connectivity index (χ1n) is 7.55. The maximum Gasteiger partial charge on any atom is 0.245 e. The van der Waals surface area contributed by atoms with Crippen LogP contribution in [0.3, 0.4) is 0 Å². The van der Waals surface area contributed by atoms with E-state index in [4.69, 9.17) is 0 Å². The SMILES string of the molecule is CCC1(CO)CCN(S(=O)(=O)c2c[nH]c3ncccc23)CC1. The van der Waals surface area contributed by atoms with Gasteiger partial charge in [-0.15, -0.1) is 0 Å². The van der Waals surface area contributed by atoms with Gasteiger partial charge in [0.2, 0.25) is 10.0 Å². The normalized spacial score (nSPS) is 19.5. The number of aliphatic hydroxyl groups is 1. The molecule has 7 heteroatoms. The van der Waals surface area contributed by atoms with Gasteiger partial charge in [-0.25, -0.2) is 13.4 Å². The van der Waals surface area contributed by atoms with Gasteiger partial charge in [0, 0.05) is 37.5 Å². The third-order valence-electron chi connectivity index (χ3n) is 4.90. The second-order valence-corrected chi connectivity index (χ2v) is 7.87. The van der Waals surface area contributed by atoms with Crippen LogP contribution in [-0.2, 0) is 10.0 Å². The number of fused-ring (bicyclic) bond motifs is 1. The lowest BCUT2D eigenvalue weighted by Gasteiger charge is -2.39. The Morgan fingerprint density at radius 1 is 1.41 bits per heavy atom. The van der Waals surface area contributed by atoms with E-state index in [0.717, 1.165) is 6.42 Å². The van der Waals surface area contributed by atoms with E-state index in [0.29, 0.717) is 37.0 Å². The summed E-state index contributed by atoms with van der Waals surface area (Å²) in [6.45, 7) is 3.06. The minimum atomic E-state index is -3.53. The molecule has 1 aliphatic heterocycles. The van der Waals surface area contributed by atoms with Crippen LogP contribution in [0, 0.1) is 5.41 Å². The number of nitrogens with zero attached hydrogens (tertiary/aromatic N) is 2. The fourth-order valence-electron chi connectivity index (χ4n) is 3.11. The first-order valence-corrected chi connectivity index (χ1v) is 8.99. The Hall–Kier alpha value is -1.44. The van der Waals surface area contributed by atoms with Crippen LogP contribution in [-0.4, -0.2) is 47.5 Å². The quantitative estimate of drug-likeness (QED) is 0.897. The molecule has 0 amide bonds. The van der Waals surface area contributed by atoms with Gasteiger partial charge in [0.25, 0.3) is 0 Å². The summed E-state index contributed by atoms with van der Waals surface area (Å²) in [5.74, 6) is 0. The van der Waals surface area contributed by atoms with E-state index in [9.17, 15) is 13.5 Å². The fraction of sp³-hybridized carbons (Fsp3) is 0.533. The second kappa shape index (κ2) is 5.64. The number of pyridine rings is 1. The molecule has 0 atom stereocenters. The Morgan fingerprint density at radius 3 is 2.77 bits per heavy atom. The predicted molar refractivity (Wildman–Crippen MR) is 83.9 cm³/mol. The molecule has 0 saturated carbocycles. The van der Waals surface area contributed by atoms with Gasteiger partial charge < -0.3 is 10.1 Å². The summed E-state index contributed by atoms with van der Waals surface area (Å²) in [4.78, 5) is 7.33. The molecule has 0 spiro atoms. The molecule has 2 aromatic heterocycles. The molecule has 6 nitrogen and oxygen atoms in total. The first-order chi connectivity index (χ1) is 10.5. The van der Waals surface area contributed by atoms with Gasteiger partial charge in [-0.2, -0.15) is 4.31 Å². The molecular weight excluding hydrogens is 302 g/mol. The molecule has 22 heavy (non-hydrogen) atoms. The number of aliphatic hydroxyl groups excluding tert-OH is 1. The Labute approximate surface area is 130 Å². The molecule has 1 fully saturated rings. The Morgan fingerprint density at radius 2 is 2.14 bits per heavy atom. The van der Waals surface area contributed by atoms with Crippen molar-refractivity contribution >= 4 is 21.1 Å². The summed E-state index contributed by atoms with van der Waals surface area (Å²) in [6, 6.07) is 3.50. The smallest absolute Gasteiger partial charge is 0.245 e. The first kappa shape index (κ1) is 15.5. The molecule has 0 aliphatic carbocycles. The number of nitrogens with one attached hydrogen (secondary N) is 1. The van der Waals surface area contributed by atoms with Gasteiger partial charge in [-0.3, -0.25) is 0 Å². The third kappa shape index (κ3) is 2.43. The van der Waals surface area contributed by atoms with Crippen molar-refractivity contribution in [1.29, 1.82) is 0 Å². The van der Waals surface area contributed by atoms with Crippen molar-refractivity contribution in [1.82, 2.24) is 14.3 Å². The highest BCUT2D eigenvalue weighted by Crippen LogP contribution is 2.36. The molecule has 1 aliphatic rings. The van der Waals surface area contributed by atoms with E-state index in [2.05, 4.69) is 9.97 Å². The zero-order chi connectivity index (χ0) is 15.8. The maximum absolute atomic E-state index is 12.9. The molecule has 0 bridgehead atoms. The molecule has 1 saturated heterocycles. The zero-order valence-corrected chi connectivity index (χ0v) is 13.4.